The van der Waals surface area contributed by atoms with Crippen LogP contribution in [0.4, 0.5) is 0 Å². The van der Waals surface area contributed by atoms with Gasteiger partial charge in [0.25, 0.3) is 5.91 Å². The number of amides is 1. The van der Waals surface area contributed by atoms with Crippen LogP contribution in [0.3, 0.4) is 0 Å². The third-order valence-electron chi connectivity index (χ3n) is 3.18. The molecule has 0 aliphatic carbocycles. The first-order valence-corrected chi connectivity index (χ1v) is 9.30. The van der Waals surface area contributed by atoms with Crippen LogP contribution in [0.2, 0.25) is 5.02 Å². The van der Waals surface area contributed by atoms with Crippen LogP contribution in [0.5, 0.6) is 0 Å². The average Bonchev–Trinajstić information content (AvgIpc) is 2.98. The number of nitrogens with zero attached hydrogens (tertiary/aromatic N) is 2. The summed E-state index contributed by atoms with van der Waals surface area (Å²) < 4.78 is 1.99. The Bertz CT molecular complexity index is 844. The fourth-order valence-corrected chi connectivity index (χ4v) is 4.25. The number of para-hydroxylation sites is 1. The number of rotatable bonds is 5. The molecule has 122 valence electrons. The van der Waals surface area contributed by atoms with Gasteiger partial charge in [-0.25, -0.2) is 10.4 Å². The van der Waals surface area contributed by atoms with E-state index in [0.29, 0.717) is 5.02 Å². The predicted octanol–water partition coefficient (Wildman–Crippen LogP) is 4.58. The second-order valence-corrected chi connectivity index (χ2v) is 8.05. The summed E-state index contributed by atoms with van der Waals surface area (Å²) in [6, 6.07) is 15.1. The normalized spacial score (nSPS) is 12.6. The number of carbonyl (C=O) groups is 1. The van der Waals surface area contributed by atoms with Crippen molar-refractivity contribution in [3.8, 4) is 0 Å². The molecule has 0 aliphatic heterocycles. The summed E-state index contributed by atoms with van der Waals surface area (Å²) in [6.45, 7) is 1.84. The maximum atomic E-state index is 12.1. The zero-order valence-corrected chi connectivity index (χ0v) is 15.2. The van der Waals surface area contributed by atoms with Crippen molar-refractivity contribution >= 4 is 57.0 Å². The monoisotopic (exact) mass is 375 g/mol. The van der Waals surface area contributed by atoms with E-state index in [0.717, 1.165) is 20.1 Å². The lowest BCUT2D eigenvalue weighted by atomic mass is 10.2. The Labute approximate surface area is 152 Å². The molecule has 0 bridgehead atoms. The van der Waals surface area contributed by atoms with Crippen molar-refractivity contribution in [2.45, 2.75) is 16.5 Å². The molecule has 0 spiro atoms. The smallest absolute Gasteiger partial charge is 0.253 e. The Morgan fingerprint density at radius 2 is 2.04 bits per heavy atom. The Morgan fingerprint density at radius 3 is 2.79 bits per heavy atom. The number of hydrazone groups is 1. The zero-order valence-electron chi connectivity index (χ0n) is 12.8. The van der Waals surface area contributed by atoms with Crippen LogP contribution in [0.15, 0.2) is 58.0 Å². The van der Waals surface area contributed by atoms with E-state index in [1.807, 2.05) is 43.3 Å². The maximum absolute atomic E-state index is 12.1. The third-order valence-corrected chi connectivity index (χ3v) is 5.66. The first-order valence-electron chi connectivity index (χ1n) is 7.22. The Balaban J connectivity index is 1.57. The summed E-state index contributed by atoms with van der Waals surface area (Å²) >= 11 is 8.84. The number of halogens is 1. The molecule has 2 aromatic carbocycles. The molecule has 1 N–H and O–H groups in total. The predicted molar refractivity (Wildman–Crippen MR) is 102 cm³/mol. The lowest BCUT2D eigenvalue weighted by Gasteiger charge is -2.06. The van der Waals surface area contributed by atoms with Crippen LogP contribution in [0.1, 0.15) is 12.5 Å². The number of nitrogens with one attached hydrogen (secondary N) is 1. The van der Waals surface area contributed by atoms with E-state index in [1.165, 1.54) is 11.8 Å². The molecule has 3 rings (SSSR count). The van der Waals surface area contributed by atoms with E-state index in [1.54, 1.807) is 29.7 Å². The number of hydrogen-bond acceptors (Lipinski definition) is 5. The van der Waals surface area contributed by atoms with Gasteiger partial charge in [0.15, 0.2) is 4.34 Å². The molecule has 0 fully saturated rings. The molecule has 1 amide bonds. The van der Waals surface area contributed by atoms with Crippen molar-refractivity contribution in [2.24, 2.45) is 5.10 Å². The van der Waals surface area contributed by atoms with E-state index in [-0.39, 0.29) is 11.2 Å². The summed E-state index contributed by atoms with van der Waals surface area (Å²) in [7, 11) is 0. The quantitative estimate of drug-likeness (QED) is 0.403. The molecular weight excluding hydrogens is 362 g/mol. The minimum absolute atomic E-state index is 0.163. The molecule has 0 saturated heterocycles. The highest BCUT2D eigenvalue weighted by molar-refractivity contribution is 8.02. The van der Waals surface area contributed by atoms with Crippen LogP contribution in [0.25, 0.3) is 10.2 Å². The van der Waals surface area contributed by atoms with E-state index in [2.05, 4.69) is 15.5 Å². The summed E-state index contributed by atoms with van der Waals surface area (Å²) in [6.07, 6.45) is 1.59. The van der Waals surface area contributed by atoms with Gasteiger partial charge in [-0.1, -0.05) is 47.6 Å². The van der Waals surface area contributed by atoms with E-state index in [9.17, 15) is 4.79 Å². The highest BCUT2D eigenvalue weighted by atomic mass is 35.5. The van der Waals surface area contributed by atoms with Gasteiger partial charge in [0.1, 0.15) is 0 Å². The van der Waals surface area contributed by atoms with Gasteiger partial charge in [0, 0.05) is 5.02 Å². The molecule has 24 heavy (non-hydrogen) atoms. The summed E-state index contributed by atoms with van der Waals surface area (Å²) in [5.74, 6) is -0.163. The van der Waals surface area contributed by atoms with Crippen molar-refractivity contribution in [3.05, 3.63) is 59.1 Å². The van der Waals surface area contributed by atoms with Crippen LogP contribution in [-0.4, -0.2) is 22.4 Å². The largest absolute Gasteiger partial charge is 0.272 e. The molecule has 1 heterocycles. The van der Waals surface area contributed by atoms with Gasteiger partial charge >= 0.3 is 0 Å². The number of hydrogen-bond donors (Lipinski definition) is 1. The van der Waals surface area contributed by atoms with Crippen molar-refractivity contribution in [3.63, 3.8) is 0 Å². The van der Waals surface area contributed by atoms with Gasteiger partial charge in [-0.15, -0.1) is 11.3 Å². The van der Waals surface area contributed by atoms with Gasteiger partial charge in [-0.3, -0.25) is 4.79 Å². The fraction of sp³-hybridized carbons (Fsp3) is 0.118. The molecule has 3 aromatic rings. The molecular formula is C17H14ClN3OS2. The fourth-order valence-electron chi connectivity index (χ4n) is 1.92. The van der Waals surface area contributed by atoms with Crippen molar-refractivity contribution < 1.29 is 4.79 Å². The van der Waals surface area contributed by atoms with Crippen LogP contribution < -0.4 is 5.43 Å². The topological polar surface area (TPSA) is 54.4 Å². The third kappa shape index (κ3) is 4.35. The van der Waals surface area contributed by atoms with E-state index >= 15 is 0 Å². The van der Waals surface area contributed by atoms with Gasteiger partial charge in [0.05, 0.1) is 21.7 Å². The second-order valence-electron chi connectivity index (χ2n) is 4.99. The highest BCUT2D eigenvalue weighted by Gasteiger charge is 2.16. The number of thioether (sulfide) groups is 1. The summed E-state index contributed by atoms with van der Waals surface area (Å²) in [5.41, 5.74) is 4.38. The number of carbonyl (C=O) groups excluding carboxylic acids is 1. The average molecular weight is 376 g/mol. The second kappa shape index (κ2) is 7.79. The number of thiazole rings is 1. The van der Waals surface area contributed by atoms with Gasteiger partial charge < -0.3 is 0 Å². The first kappa shape index (κ1) is 17.0. The minimum Gasteiger partial charge on any atom is -0.272 e. The highest BCUT2D eigenvalue weighted by Crippen LogP contribution is 2.31. The molecule has 1 atom stereocenters. The molecule has 0 unspecified atom stereocenters. The minimum atomic E-state index is -0.284. The molecule has 0 radical (unpaired) electrons. The lowest BCUT2D eigenvalue weighted by molar-refractivity contribution is -0.120. The van der Waals surface area contributed by atoms with E-state index < -0.39 is 0 Å². The van der Waals surface area contributed by atoms with Crippen molar-refractivity contribution in [2.75, 3.05) is 0 Å². The molecule has 7 heteroatoms. The van der Waals surface area contributed by atoms with Crippen LogP contribution >= 0.6 is 34.7 Å². The molecule has 0 aliphatic rings. The van der Waals surface area contributed by atoms with Crippen molar-refractivity contribution in [1.82, 2.24) is 10.4 Å². The Hall–Kier alpha value is -1.89. The molecule has 4 nitrogen and oxygen atoms in total. The summed E-state index contributed by atoms with van der Waals surface area (Å²) in [5, 5.41) is 4.36. The Morgan fingerprint density at radius 1 is 1.29 bits per heavy atom. The zero-order chi connectivity index (χ0) is 16.9. The Kier molecular flexibility index (Phi) is 5.50. The molecule has 0 saturated carbocycles. The molecule has 1 aromatic heterocycles. The van der Waals surface area contributed by atoms with Gasteiger partial charge in [0.2, 0.25) is 0 Å². The van der Waals surface area contributed by atoms with Crippen LogP contribution in [-0.2, 0) is 4.79 Å². The van der Waals surface area contributed by atoms with Gasteiger partial charge in [-0.05, 0) is 36.8 Å². The summed E-state index contributed by atoms with van der Waals surface area (Å²) in [4.78, 5) is 16.6. The number of fused-ring (bicyclic) bond motifs is 1. The van der Waals surface area contributed by atoms with Crippen molar-refractivity contribution in [1.29, 1.82) is 0 Å². The first-order chi connectivity index (χ1) is 11.6. The van der Waals surface area contributed by atoms with E-state index in [4.69, 9.17) is 11.6 Å². The number of aromatic nitrogens is 1. The SMILES string of the molecule is C[C@H](Sc1nc2ccccc2s1)C(=O)N/N=C\c1ccc(Cl)cc1. The maximum Gasteiger partial charge on any atom is 0.253 e. The van der Waals surface area contributed by atoms with Gasteiger partial charge in [-0.2, -0.15) is 5.10 Å². The van der Waals surface area contributed by atoms with Crippen LogP contribution in [0, 0.1) is 0 Å². The lowest BCUT2D eigenvalue weighted by Crippen LogP contribution is -2.26. The number of benzene rings is 2. The standard InChI is InChI=1S/C17H14ClN3OS2/c1-11(23-17-20-14-4-2-3-5-15(14)24-17)16(22)21-19-10-12-6-8-13(18)9-7-12/h2-11H,1H3,(H,21,22)/b19-10-/t11-/m0/s1.